The zero-order chi connectivity index (χ0) is 22.4. The minimum absolute atomic E-state index is 0.0526. The first-order valence-electron chi connectivity index (χ1n) is 10.8. The molecule has 0 unspecified atom stereocenters. The minimum atomic E-state index is -0.955. The summed E-state index contributed by atoms with van der Waals surface area (Å²) in [6.07, 6.45) is 5.23. The van der Waals surface area contributed by atoms with Crippen LogP contribution in [0.1, 0.15) is 43.2 Å². The molecule has 3 rings (SSSR count). The Bertz CT molecular complexity index is 865. The van der Waals surface area contributed by atoms with Gasteiger partial charge in [0.25, 0.3) is 0 Å². The van der Waals surface area contributed by atoms with E-state index in [1.165, 1.54) is 7.11 Å². The molecule has 168 valence electrons. The second-order valence-corrected chi connectivity index (χ2v) is 9.32. The van der Waals surface area contributed by atoms with Crippen molar-refractivity contribution in [3.63, 3.8) is 0 Å². The lowest BCUT2D eigenvalue weighted by Gasteiger charge is -2.42. The Morgan fingerprint density at radius 1 is 1.39 bits per heavy atom. The van der Waals surface area contributed by atoms with Gasteiger partial charge >= 0.3 is 12.1 Å². The summed E-state index contributed by atoms with van der Waals surface area (Å²) < 4.78 is 11.1. The molecule has 1 aromatic carbocycles. The third kappa shape index (κ3) is 5.36. The van der Waals surface area contributed by atoms with Gasteiger partial charge in [-0.25, -0.2) is 4.79 Å². The first-order valence-corrected chi connectivity index (χ1v) is 12.2. The SMILES string of the molecule is COC(=O)N1CC[C@@H]2[C@H]1CCC[C@]2(C#Cc1cccc(C)c1)OC(=O)[C@@H](N)CCSC. The molecular formula is C24H32N2O4S. The maximum Gasteiger partial charge on any atom is 0.409 e. The number of likely N-dealkylation sites (tertiary alicyclic amines) is 1. The monoisotopic (exact) mass is 444 g/mol. The van der Waals surface area contributed by atoms with E-state index < -0.39 is 17.6 Å². The number of fused-ring (bicyclic) bond motifs is 1. The number of aryl methyl sites for hydroxylation is 1. The molecule has 1 saturated heterocycles. The van der Waals surface area contributed by atoms with Crippen LogP contribution in [0.15, 0.2) is 24.3 Å². The highest BCUT2D eigenvalue weighted by Gasteiger charge is 2.54. The van der Waals surface area contributed by atoms with Crippen LogP contribution in [0.2, 0.25) is 0 Å². The first kappa shape index (κ1) is 23.5. The van der Waals surface area contributed by atoms with Crippen molar-refractivity contribution in [1.82, 2.24) is 4.90 Å². The van der Waals surface area contributed by atoms with Gasteiger partial charge in [-0.3, -0.25) is 4.79 Å². The third-order valence-corrected chi connectivity index (χ3v) is 6.90. The molecule has 31 heavy (non-hydrogen) atoms. The van der Waals surface area contributed by atoms with Crippen molar-refractivity contribution in [3.05, 3.63) is 35.4 Å². The second-order valence-electron chi connectivity index (χ2n) is 8.34. The first-order chi connectivity index (χ1) is 14.9. The predicted octanol–water partition coefficient (Wildman–Crippen LogP) is 3.35. The average Bonchev–Trinajstić information content (AvgIpc) is 3.21. The van der Waals surface area contributed by atoms with Crippen LogP contribution in [0, 0.1) is 24.7 Å². The van der Waals surface area contributed by atoms with Gasteiger partial charge in [-0.05, 0) is 74.7 Å². The molecule has 7 heteroatoms. The van der Waals surface area contributed by atoms with Crippen LogP contribution >= 0.6 is 11.8 Å². The zero-order valence-electron chi connectivity index (χ0n) is 18.6. The number of benzene rings is 1. The average molecular weight is 445 g/mol. The molecule has 1 aliphatic heterocycles. The van der Waals surface area contributed by atoms with Gasteiger partial charge in [0.15, 0.2) is 5.60 Å². The lowest BCUT2D eigenvalue weighted by atomic mass is 9.72. The van der Waals surface area contributed by atoms with E-state index in [0.717, 1.165) is 36.1 Å². The molecular weight excluding hydrogens is 412 g/mol. The fraction of sp³-hybridized carbons (Fsp3) is 0.583. The van der Waals surface area contributed by atoms with Crippen LogP contribution in [0.3, 0.4) is 0 Å². The summed E-state index contributed by atoms with van der Waals surface area (Å²) in [5.41, 5.74) is 7.17. The van der Waals surface area contributed by atoms with Crippen LogP contribution in [0.4, 0.5) is 4.79 Å². The van der Waals surface area contributed by atoms with E-state index in [1.807, 2.05) is 37.4 Å². The smallest absolute Gasteiger partial charge is 0.409 e. The molecule has 1 saturated carbocycles. The van der Waals surface area contributed by atoms with Gasteiger partial charge in [0.05, 0.1) is 7.11 Å². The summed E-state index contributed by atoms with van der Waals surface area (Å²) in [7, 11) is 1.40. The van der Waals surface area contributed by atoms with Crippen molar-refractivity contribution in [2.24, 2.45) is 11.7 Å². The summed E-state index contributed by atoms with van der Waals surface area (Å²) in [5, 5.41) is 0. The molecule has 1 aliphatic carbocycles. The maximum atomic E-state index is 12.9. The standard InChI is InChI=1S/C24H32N2O4S/c1-17-6-4-7-18(16-17)9-13-24(30-22(27)20(25)11-15-31-3)12-5-8-21-19(24)10-14-26(21)23(28)29-2/h4,6-7,16,19-21H,5,8,10-12,14-15,25H2,1-3H3/t19-,20+,21-,24-/m1/s1. The highest BCUT2D eigenvalue weighted by molar-refractivity contribution is 7.98. The predicted molar refractivity (Wildman–Crippen MR) is 123 cm³/mol. The van der Waals surface area contributed by atoms with E-state index in [9.17, 15) is 9.59 Å². The molecule has 6 nitrogen and oxygen atoms in total. The van der Waals surface area contributed by atoms with Crippen molar-refractivity contribution < 1.29 is 19.1 Å². The molecule has 0 bridgehead atoms. The fourth-order valence-electron chi connectivity index (χ4n) is 4.68. The van der Waals surface area contributed by atoms with Crippen molar-refractivity contribution in [1.29, 1.82) is 0 Å². The van der Waals surface area contributed by atoms with Gasteiger partial charge in [0, 0.05) is 24.1 Å². The Labute approximate surface area is 189 Å². The number of esters is 1. The fourth-order valence-corrected chi connectivity index (χ4v) is 5.17. The van der Waals surface area contributed by atoms with Gasteiger partial charge in [-0.15, -0.1) is 0 Å². The van der Waals surface area contributed by atoms with Crippen LogP contribution in [0.25, 0.3) is 0 Å². The highest BCUT2D eigenvalue weighted by atomic mass is 32.2. The Morgan fingerprint density at radius 2 is 2.19 bits per heavy atom. The van der Waals surface area contributed by atoms with Gasteiger partial charge in [-0.1, -0.05) is 18.1 Å². The molecule has 2 N–H and O–H groups in total. The number of nitrogens with two attached hydrogens (primary N) is 1. The summed E-state index contributed by atoms with van der Waals surface area (Å²) in [5.74, 6) is 6.90. The van der Waals surface area contributed by atoms with E-state index >= 15 is 0 Å². The number of thioether (sulfide) groups is 1. The number of carbonyl (C=O) groups excluding carboxylic acids is 2. The molecule has 2 aliphatic rings. The highest BCUT2D eigenvalue weighted by Crippen LogP contribution is 2.45. The van der Waals surface area contributed by atoms with Crippen molar-refractivity contribution >= 4 is 23.8 Å². The van der Waals surface area contributed by atoms with E-state index in [0.29, 0.717) is 19.4 Å². The van der Waals surface area contributed by atoms with Crippen LogP contribution in [0.5, 0.6) is 0 Å². The second kappa shape index (κ2) is 10.4. The zero-order valence-corrected chi connectivity index (χ0v) is 19.4. The van der Waals surface area contributed by atoms with Gasteiger partial charge < -0.3 is 20.1 Å². The largest absolute Gasteiger partial charge is 0.453 e. The molecule has 2 fully saturated rings. The number of ether oxygens (including phenoxy) is 2. The number of nitrogens with zero attached hydrogens (tertiary/aromatic N) is 1. The van der Waals surface area contributed by atoms with E-state index in [4.69, 9.17) is 15.2 Å². The number of hydrogen-bond donors (Lipinski definition) is 1. The Hall–Kier alpha value is -2.17. The lowest BCUT2D eigenvalue weighted by molar-refractivity contribution is -0.164. The van der Waals surface area contributed by atoms with E-state index in [2.05, 4.69) is 11.8 Å². The number of rotatable bonds is 5. The van der Waals surface area contributed by atoms with E-state index in [1.54, 1.807) is 16.7 Å². The van der Waals surface area contributed by atoms with E-state index in [-0.39, 0.29) is 18.1 Å². The molecule has 0 spiro atoms. The quantitative estimate of drug-likeness (QED) is 0.554. The van der Waals surface area contributed by atoms with Gasteiger partial charge in [0.2, 0.25) is 0 Å². The molecule has 4 atom stereocenters. The third-order valence-electron chi connectivity index (χ3n) is 6.26. The number of carbonyl (C=O) groups is 2. The van der Waals surface area contributed by atoms with Crippen LogP contribution in [-0.2, 0) is 14.3 Å². The van der Waals surface area contributed by atoms with Gasteiger partial charge in [-0.2, -0.15) is 11.8 Å². The summed E-state index contributed by atoms with van der Waals surface area (Å²) in [4.78, 5) is 27.0. The van der Waals surface area contributed by atoms with Crippen LogP contribution < -0.4 is 5.73 Å². The molecule has 1 aromatic rings. The Balaban J connectivity index is 1.93. The molecule has 0 aromatic heterocycles. The summed E-state index contributed by atoms with van der Waals surface area (Å²) >= 11 is 1.65. The minimum Gasteiger partial charge on any atom is -0.453 e. The summed E-state index contributed by atoms with van der Waals surface area (Å²) in [6.45, 7) is 2.60. The van der Waals surface area contributed by atoms with Crippen molar-refractivity contribution in [2.75, 3.05) is 25.7 Å². The normalized spacial score (nSPS) is 25.7. The Kier molecular flexibility index (Phi) is 7.90. The van der Waals surface area contributed by atoms with Crippen molar-refractivity contribution in [2.45, 2.75) is 56.7 Å². The maximum absolute atomic E-state index is 12.9. The number of methoxy groups -OCH3 is 1. The Morgan fingerprint density at radius 3 is 2.90 bits per heavy atom. The molecule has 0 radical (unpaired) electrons. The topological polar surface area (TPSA) is 81.9 Å². The van der Waals surface area contributed by atoms with Crippen LogP contribution in [-0.4, -0.2) is 60.3 Å². The molecule has 1 heterocycles. The van der Waals surface area contributed by atoms with Gasteiger partial charge in [0.1, 0.15) is 6.04 Å². The lowest BCUT2D eigenvalue weighted by Crippen LogP contribution is -2.53. The number of amides is 1. The van der Waals surface area contributed by atoms with Crippen molar-refractivity contribution in [3.8, 4) is 11.8 Å². The number of hydrogen-bond acceptors (Lipinski definition) is 6. The molecule has 1 amide bonds. The summed E-state index contributed by atoms with van der Waals surface area (Å²) in [6, 6.07) is 7.23.